The number of nitrogens with two attached hydrogens (primary N) is 1. The van der Waals surface area contributed by atoms with Crippen molar-refractivity contribution >= 4 is 27.5 Å². The van der Waals surface area contributed by atoms with Crippen LogP contribution in [0.5, 0.6) is 0 Å². The van der Waals surface area contributed by atoms with Crippen molar-refractivity contribution in [1.29, 1.82) is 0 Å². The van der Waals surface area contributed by atoms with Crippen molar-refractivity contribution in [2.24, 2.45) is 0 Å². The van der Waals surface area contributed by atoms with Crippen LogP contribution in [-0.4, -0.2) is 48.4 Å². The molecule has 1 aliphatic heterocycles. The van der Waals surface area contributed by atoms with Crippen molar-refractivity contribution in [3.8, 4) is 0 Å². The molecule has 1 heterocycles. The van der Waals surface area contributed by atoms with Crippen LogP contribution in [0.4, 0.5) is 5.69 Å². The highest BCUT2D eigenvalue weighted by Crippen LogP contribution is 2.20. The molecule has 2 N–H and O–H groups in total. The fourth-order valence-electron chi connectivity index (χ4n) is 2.37. The molecule has 104 valence electrons. The first-order valence-electron chi connectivity index (χ1n) is 6.68. The lowest BCUT2D eigenvalue weighted by Crippen LogP contribution is -2.48. The molecule has 0 spiro atoms. The number of nitrogens with zero attached hydrogens (tertiary/aromatic N) is 2. The Balaban J connectivity index is 2.03. The van der Waals surface area contributed by atoms with Crippen LogP contribution < -0.4 is 5.73 Å². The number of anilines is 1. The molecule has 0 aliphatic carbocycles. The summed E-state index contributed by atoms with van der Waals surface area (Å²) in [5.41, 5.74) is 7.03. The first-order valence-corrected chi connectivity index (χ1v) is 7.47. The fraction of sp³-hybridized carbons (Fsp3) is 0.500. The van der Waals surface area contributed by atoms with Gasteiger partial charge in [-0.05, 0) is 31.2 Å². The van der Waals surface area contributed by atoms with Crippen molar-refractivity contribution in [2.75, 3.05) is 38.5 Å². The van der Waals surface area contributed by atoms with E-state index in [9.17, 15) is 4.79 Å². The van der Waals surface area contributed by atoms with E-state index < -0.39 is 0 Å². The Morgan fingerprint density at radius 2 is 2.00 bits per heavy atom. The van der Waals surface area contributed by atoms with Crippen LogP contribution in [0.1, 0.15) is 23.7 Å². The van der Waals surface area contributed by atoms with E-state index in [2.05, 4.69) is 27.8 Å². The van der Waals surface area contributed by atoms with Crippen molar-refractivity contribution < 1.29 is 4.79 Å². The zero-order chi connectivity index (χ0) is 13.8. The van der Waals surface area contributed by atoms with Crippen LogP contribution in [0, 0.1) is 0 Å². The molecule has 0 atom stereocenters. The highest BCUT2D eigenvalue weighted by atomic mass is 79.9. The first-order chi connectivity index (χ1) is 9.11. The Morgan fingerprint density at radius 3 is 2.63 bits per heavy atom. The van der Waals surface area contributed by atoms with Crippen LogP contribution in [0.2, 0.25) is 0 Å². The summed E-state index contributed by atoms with van der Waals surface area (Å²) in [5.74, 6) is 0.0370. The molecule has 2 rings (SSSR count). The van der Waals surface area contributed by atoms with E-state index >= 15 is 0 Å². The number of benzene rings is 1. The Morgan fingerprint density at radius 1 is 1.32 bits per heavy atom. The van der Waals surface area contributed by atoms with Gasteiger partial charge in [0.1, 0.15) is 0 Å². The first kappa shape index (κ1) is 14.3. The maximum Gasteiger partial charge on any atom is 0.256 e. The van der Waals surface area contributed by atoms with E-state index in [4.69, 9.17) is 5.73 Å². The van der Waals surface area contributed by atoms with Gasteiger partial charge in [-0.25, -0.2) is 0 Å². The molecule has 0 unspecified atom stereocenters. The van der Waals surface area contributed by atoms with Gasteiger partial charge in [-0.2, -0.15) is 0 Å². The van der Waals surface area contributed by atoms with Crippen LogP contribution in [0.15, 0.2) is 22.7 Å². The monoisotopic (exact) mass is 325 g/mol. The third-order valence-corrected chi connectivity index (χ3v) is 3.94. The second-order valence-corrected chi connectivity index (χ2v) is 5.78. The third kappa shape index (κ3) is 3.48. The standard InChI is InChI=1S/C14H20BrN3O/c1-2-5-17-6-8-18(9-7-17)14(19)12-10-11(15)3-4-13(12)16/h3-4,10H,2,5-9,16H2,1H3. The van der Waals surface area contributed by atoms with Crippen LogP contribution in [-0.2, 0) is 0 Å². The molecule has 0 bridgehead atoms. The van der Waals surface area contributed by atoms with Crippen LogP contribution in [0.25, 0.3) is 0 Å². The van der Waals surface area contributed by atoms with Gasteiger partial charge in [0, 0.05) is 36.3 Å². The van der Waals surface area contributed by atoms with E-state index in [0.29, 0.717) is 11.3 Å². The maximum atomic E-state index is 12.4. The Labute approximate surface area is 122 Å². The second kappa shape index (κ2) is 6.39. The minimum atomic E-state index is 0.0370. The van der Waals surface area contributed by atoms with Gasteiger partial charge >= 0.3 is 0 Å². The minimum Gasteiger partial charge on any atom is -0.398 e. The van der Waals surface area contributed by atoms with E-state index in [1.807, 2.05) is 11.0 Å². The lowest BCUT2D eigenvalue weighted by atomic mass is 10.1. The number of piperazine rings is 1. The summed E-state index contributed by atoms with van der Waals surface area (Å²) in [4.78, 5) is 16.7. The van der Waals surface area contributed by atoms with E-state index in [0.717, 1.165) is 43.6 Å². The van der Waals surface area contributed by atoms with Gasteiger partial charge in [0.2, 0.25) is 0 Å². The number of hydrogen-bond donors (Lipinski definition) is 1. The average Bonchev–Trinajstić information content (AvgIpc) is 2.42. The number of rotatable bonds is 3. The molecule has 1 fully saturated rings. The molecule has 1 amide bonds. The Bertz CT molecular complexity index is 456. The molecule has 1 saturated heterocycles. The quantitative estimate of drug-likeness (QED) is 0.867. The van der Waals surface area contributed by atoms with Crippen molar-refractivity contribution in [2.45, 2.75) is 13.3 Å². The second-order valence-electron chi connectivity index (χ2n) is 4.87. The largest absolute Gasteiger partial charge is 0.398 e. The van der Waals surface area contributed by atoms with Crippen molar-refractivity contribution in [3.05, 3.63) is 28.2 Å². The Hall–Kier alpha value is -1.07. The van der Waals surface area contributed by atoms with Gasteiger partial charge in [-0.3, -0.25) is 9.69 Å². The zero-order valence-electron chi connectivity index (χ0n) is 11.2. The molecular weight excluding hydrogens is 306 g/mol. The predicted molar refractivity (Wildman–Crippen MR) is 81.2 cm³/mol. The van der Waals surface area contributed by atoms with Crippen molar-refractivity contribution in [1.82, 2.24) is 9.80 Å². The smallest absolute Gasteiger partial charge is 0.256 e. The van der Waals surface area contributed by atoms with Gasteiger partial charge in [-0.1, -0.05) is 22.9 Å². The van der Waals surface area contributed by atoms with Gasteiger partial charge in [0.25, 0.3) is 5.91 Å². The summed E-state index contributed by atoms with van der Waals surface area (Å²) in [6, 6.07) is 5.42. The maximum absolute atomic E-state index is 12.4. The topological polar surface area (TPSA) is 49.6 Å². The van der Waals surface area contributed by atoms with Gasteiger partial charge < -0.3 is 10.6 Å². The minimum absolute atomic E-state index is 0.0370. The fourth-order valence-corrected chi connectivity index (χ4v) is 2.74. The summed E-state index contributed by atoms with van der Waals surface area (Å²) in [6.45, 7) is 6.76. The third-order valence-electron chi connectivity index (χ3n) is 3.45. The Kier molecular flexibility index (Phi) is 4.82. The van der Waals surface area contributed by atoms with Gasteiger partial charge in [0.05, 0.1) is 5.56 Å². The van der Waals surface area contributed by atoms with Gasteiger partial charge in [0.15, 0.2) is 0 Å². The molecule has 0 saturated carbocycles. The van der Waals surface area contributed by atoms with E-state index in [1.165, 1.54) is 0 Å². The lowest BCUT2D eigenvalue weighted by Gasteiger charge is -2.34. The number of carbonyl (C=O) groups is 1. The van der Waals surface area contributed by atoms with Crippen LogP contribution >= 0.6 is 15.9 Å². The summed E-state index contributed by atoms with van der Waals surface area (Å²) in [7, 11) is 0. The molecule has 1 aliphatic rings. The molecule has 1 aromatic carbocycles. The molecule has 0 aromatic heterocycles. The number of hydrogen-bond acceptors (Lipinski definition) is 3. The van der Waals surface area contributed by atoms with Gasteiger partial charge in [-0.15, -0.1) is 0 Å². The summed E-state index contributed by atoms with van der Waals surface area (Å²) in [5, 5.41) is 0. The summed E-state index contributed by atoms with van der Waals surface area (Å²) >= 11 is 3.38. The summed E-state index contributed by atoms with van der Waals surface area (Å²) < 4.78 is 0.884. The molecule has 5 heteroatoms. The van der Waals surface area contributed by atoms with E-state index in [-0.39, 0.29) is 5.91 Å². The number of amides is 1. The number of nitrogen functional groups attached to an aromatic ring is 1. The zero-order valence-corrected chi connectivity index (χ0v) is 12.8. The average molecular weight is 326 g/mol. The summed E-state index contributed by atoms with van der Waals surface area (Å²) in [6.07, 6.45) is 1.16. The predicted octanol–water partition coefficient (Wildman–Crippen LogP) is 2.20. The SMILES string of the molecule is CCCN1CCN(C(=O)c2cc(Br)ccc2N)CC1. The molecule has 0 radical (unpaired) electrons. The van der Waals surface area contributed by atoms with Crippen LogP contribution in [0.3, 0.4) is 0 Å². The molecule has 19 heavy (non-hydrogen) atoms. The number of halogens is 1. The molecule has 1 aromatic rings. The highest BCUT2D eigenvalue weighted by Gasteiger charge is 2.23. The highest BCUT2D eigenvalue weighted by molar-refractivity contribution is 9.10. The normalized spacial score (nSPS) is 16.6. The molecule has 4 nitrogen and oxygen atoms in total. The number of carbonyl (C=O) groups excluding carboxylic acids is 1. The van der Waals surface area contributed by atoms with E-state index in [1.54, 1.807) is 12.1 Å². The molecular formula is C14H20BrN3O. The lowest BCUT2D eigenvalue weighted by molar-refractivity contribution is 0.0638. The van der Waals surface area contributed by atoms with Crippen molar-refractivity contribution in [3.63, 3.8) is 0 Å².